The van der Waals surface area contributed by atoms with Crippen LogP contribution in [0.1, 0.15) is 0 Å². The molecule has 2 aromatic heterocycles. The van der Waals surface area contributed by atoms with Crippen molar-refractivity contribution in [2.45, 2.75) is 11.4 Å². The Kier molecular flexibility index (Phi) is 4.94. The number of aromatic amines is 1. The minimum absolute atomic E-state index is 0.202. The third-order valence-electron chi connectivity index (χ3n) is 4.19. The maximum atomic E-state index is 12.4. The minimum atomic E-state index is -0.386. The molecule has 0 aliphatic heterocycles. The number of hydrogen-bond donors (Lipinski definition) is 2. The number of rotatable bonds is 5. The summed E-state index contributed by atoms with van der Waals surface area (Å²) in [6.07, 6.45) is 2.01. The zero-order valence-corrected chi connectivity index (χ0v) is 15.9. The molecular weight excluding hydrogens is 374 g/mol. The van der Waals surface area contributed by atoms with Crippen molar-refractivity contribution < 1.29 is 4.79 Å². The number of para-hydroxylation sites is 2. The molecule has 0 spiro atoms. The molecule has 0 fully saturated rings. The van der Waals surface area contributed by atoms with Crippen molar-refractivity contribution in [1.29, 1.82) is 0 Å². The summed E-state index contributed by atoms with van der Waals surface area (Å²) in [6, 6.07) is 18.4. The lowest BCUT2D eigenvalue weighted by atomic mass is 10.1. The van der Waals surface area contributed by atoms with Crippen LogP contribution in [0.15, 0.2) is 70.4 Å². The average molecular weight is 391 g/mol. The van der Waals surface area contributed by atoms with Gasteiger partial charge in [0.2, 0.25) is 11.9 Å². The number of H-pyrrole nitrogens is 1. The van der Waals surface area contributed by atoms with Crippen LogP contribution in [0.3, 0.4) is 0 Å². The van der Waals surface area contributed by atoms with Crippen LogP contribution in [0.5, 0.6) is 0 Å². The number of benzene rings is 2. The molecule has 4 aromatic rings. The van der Waals surface area contributed by atoms with Gasteiger partial charge in [0.1, 0.15) is 6.54 Å². The van der Waals surface area contributed by atoms with Gasteiger partial charge in [0.05, 0.1) is 16.7 Å². The maximum absolute atomic E-state index is 12.4. The van der Waals surface area contributed by atoms with Crippen LogP contribution in [0.4, 0.5) is 5.95 Å². The van der Waals surface area contributed by atoms with Crippen LogP contribution < -0.4 is 10.9 Å². The highest BCUT2D eigenvalue weighted by Crippen LogP contribution is 2.20. The van der Waals surface area contributed by atoms with E-state index in [1.807, 2.05) is 54.8 Å². The molecule has 0 unspecified atom stereocenters. The fourth-order valence-electron chi connectivity index (χ4n) is 2.80. The molecule has 0 atom stereocenters. The molecule has 4 rings (SSSR count). The summed E-state index contributed by atoms with van der Waals surface area (Å²) in [7, 11) is 0. The van der Waals surface area contributed by atoms with E-state index in [1.165, 1.54) is 6.07 Å². The molecule has 2 aromatic carbocycles. The Morgan fingerprint density at radius 2 is 1.89 bits per heavy atom. The second-order valence-corrected chi connectivity index (χ2v) is 6.97. The van der Waals surface area contributed by atoms with Gasteiger partial charge in [-0.1, -0.05) is 24.3 Å². The summed E-state index contributed by atoms with van der Waals surface area (Å²) in [4.78, 5) is 33.0. The number of carbonyl (C=O) groups excluding carboxylic acids is 1. The van der Waals surface area contributed by atoms with Crippen LogP contribution in [0.2, 0.25) is 0 Å². The molecule has 0 saturated carbocycles. The number of imidazole rings is 1. The molecule has 0 aliphatic rings. The average Bonchev–Trinajstić information content (AvgIpc) is 3.12. The van der Waals surface area contributed by atoms with Gasteiger partial charge < -0.3 is 4.98 Å². The number of amides is 1. The van der Waals surface area contributed by atoms with Crippen molar-refractivity contribution in [2.75, 3.05) is 11.6 Å². The summed E-state index contributed by atoms with van der Waals surface area (Å²) in [5, 5.41) is 7.00. The van der Waals surface area contributed by atoms with Crippen molar-refractivity contribution in [1.82, 2.24) is 19.7 Å². The van der Waals surface area contributed by atoms with Crippen molar-refractivity contribution in [2.24, 2.45) is 0 Å². The highest BCUT2D eigenvalue weighted by atomic mass is 32.2. The largest absolute Gasteiger partial charge is 0.324 e. The number of carbonyl (C=O) groups is 1. The van der Waals surface area contributed by atoms with Crippen LogP contribution in [0.25, 0.3) is 22.3 Å². The van der Waals surface area contributed by atoms with Gasteiger partial charge in [0.25, 0.3) is 5.56 Å². The van der Waals surface area contributed by atoms with Crippen molar-refractivity contribution >= 4 is 34.7 Å². The Labute approximate surface area is 164 Å². The zero-order valence-electron chi connectivity index (χ0n) is 15.0. The molecule has 0 bridgehead atoms. The number of nitrogens with zero attached hydrogens (tertiary/aromatic N) is 3. The van der Waals surface area contributed by atoms with Gasteiger partial charge in [-0.15, -0.1) is 11.8 Å². The molecule has 1 amide bonds. The first-order valence-corrected chi connectivity index (χ1v) is 9.82. The van der Waals surface area contributed by atoms with Gasteiger partial charge in [0, 0.05) is 16.5 Å². The number of anilines is 1. The molecule has 2 N–H and O–H groups in total. The van der Waals surface area contributed by atoms with Crippen LogP contribution in [0, 0.1) is 0 Å². The van der Waals surface area contributed by atoms with Gasteiger partial charge in [0.15, 0.2) is 0 Å². The Balaban J connectivity index is 1.53. The number of thioether (sulfide) groups is 1. The Bertz CT molecular complexity index is 1160. The van der Waals surface area contributed by atoms with Crippen LogP contribution in [-0.4, -0.2) is 31.9 Å². The van der Waals surface area contributed by atoms with Crippen LogP contribution in [-0.2, 0) is 11.3 Å². The second-order valence-electron chi connectivity index (χ2n) is 6.09. The lowest BCUT2D eigenvalue weighted by Crippen LogP contribution is -2.29. The first kappa shape index (κ1) is 18.0. The van der Waals surface area contributed by atoms with Gasteiger partial charge in [-0.2, -0.15) is 5.10 Å². The van der Waals surface area contributed by atoms with E-state index in [2.05, 4.69) is 20.4 Å². The van der Waals surface area contributed by atoms with E-state index >= 15 is 0 Å². The van der Waals surface area contributed by atoms with E-state index in [0.717, 1.165) is 26.2 Å². The van der Waals surface area contributed by atoms with E-state index in [4.69, 9.17) is 0 Å². The van der Waals surface area contributed by atoms with E-state index in [0.29, 0.717) is 11.6 Å². The van der Waals surface area contributed by atoms with E-state index in [-0.39, 0.29) is 18.0 Å². The zero-order chi connectivity index (χ0) is 19.5. The summed E-state index contributed by atoms with van der Waals surface area (Å²) in [6.45, 7) is -0.202. The fraction of sp³-hybridized carbons (Fsp3) is 0.100. The number of nitrogens with one attached hydrogen (secondary N) is 2. The number of fused-ring (bicyclic) bond motifs is 1. The maximum Gasteiger partial charge on any atom is 0.267 e. The first-order valence-electron chi connectivity index (χ1n) is 8.59. The van der Waals surface area contributed by atoms with Gasteiger partial charge in [-0.25, -0.2) is 9.67 Å². The summed E-state index contributed by atoms with van der Waals surface area (Å²) >= 11 is 1.65. The lowest BCUT2D eigenvalue weighted by molar-refractivity contribution is -0.117. The SMILES string of the molecule is CSc1ccc(-c2ccc(=O)n(CC(=O)Nc3nc4ccccc4[nH]3)n2)cc1. The standard InChI is InChI=1S/C20H17N5O2S/c1-28-14-8-6-13(7-9-14)15-10-11-19(27)25(24-15)12-18(26)23-20-21-16-4-2-3-5-17(16)22-20/h2-11H,12H2,1H3,(H2,21,22,23,26). The Morgan fingerprint density at radius 3 is 2.64 bits per heavy atom. The van der Waals surface area contributed by atoms with Crippen molar-refractivity contribution in [3.05, 3.63) is 71.0 Å². The Morgan fingerprint density at radius 1 is 1.11 bits per heavy atom. The van der Waals surface area contributed by atoms with E-state index in [1.54, 1.807) is 17.8 Å². The van der Waals surface area contributed by atoms with E-state index < -0.39 is 0 Å². The molecule has 2 heterocycles. The molecule has 28 heavy (non-hydrogen) atoms. The van der Waals surface area contributed by atoms with E-state index in [9.17, 15) is 9.59 Å². The molecule has 7 nitrogen and oxygen atoms in total. The molecule has 0 radical (unpaired) electrons. The smallest absolute Gasteiger partial charge is 0.267 e. The minimum Gasteiger partial charge on any atom is -0.324 e. The lowest BCUT2D eigenvalue weighted by Gasteiger charge is -2.07. The van der Waals surface area contributed by atoms with Gasteiger partial charge in [-0.05, 0) is 36.6 Å². The number of hydrogen-bond acceptors (Lipinski definition) is 5. The number of aromatic nitrogens is 4. The summed E-state index contributed by atoms with van der Waals surface area (Å²) in [5.74, 6) is -0.0494. The Hall–Kier alpha value is -3.39. The highest BCUT2D eigenvalue weighted by molar-refractivity contribution is 7.98. The summed E-state index contributed by atoms with van der Waals surface area (Å²) < 4.78 is 1.15. The third kappa shape index (κ3) is 3.81. The van der Waals surface area contributed by atoms with Crippen molar-refractivity contribution in [3.63, 3.8) is 0 Å². The van der Waals surface area contributed by atoms with Crippen molar-refractivity contribution in [3.8, 4) is 11.3 Å². The van der Waals surface area contributed by atoms with Crippen LogP contribution >= 0.6 is 11.8 Å². The third-order valence-corrected chi connectivity index (χ3v) is 4.94. The molecule has 0 saturated heterocycles. The summed E-state index contributed by atoms with van der Waals surface area (Å²) in [5.41, 5.74) is 2.74. The first-order chi connectivity index (χ1) is 13.6. The highest BCUT2D eigenvalue weighted by Gasteiger charge is 2.10. The second kappa shape index (κ2) is 7.69. The normalized spacial score (nSPS) is 10.9. The quantitative estimate of drug-likeness (QED) is 0.510. The predicted octanol–water partition coefficient (Wildman–Crippen LogP) is 3.15. The molecule has 8 heteroatoms. The predicted molar refractivity (Wildman–Crippen MR) is 110 cm³/mol. The fourth-order valence-corrected chi connectivity index (χ4v) is 3.21. The van der Waals surface area contributed by atoms with Gasteiger partial charge >= 0.3 is 0 Å². The molecule has 140 valence electrons. The molecule has 0 aliphatic carbocycles. The van der Waals surface area contributed by atoms with Gasteiger partial charge in [-0.3, -0.25) is 14.9 Å². The topological polar surface area (TPSA) is 92.7 Å². The monoisotopic (exact) mass is 391 g/mol. The molecular formula is C20H17N5O2S.